The molecule has 140 valence electrons. The summed E-state index contributed by atoms with van der Waals surface area (Å²) in [5, 5.41) is 9.84. The summed E-state index contributed by atoms with van der Waals surface area (Å²) in [6.45, 7) is 3.28. The first-order chi connectivity index (χ1) is 13.5. The van der Waals surface area contributed by atoms with Crippen molar-refractivity contribution in [2.45, 2.75) is 13.8 Å². The number of rotatable bonds is 4. The Kier molecular flexibility index (Phi) is 4.40. The van der Waals surface area contributed by atoms with Crippen LogP contribution in [-0.2, 0) is 4.79 Å². The second kappa shape index (κ2) is 7.03. The first-order valence-corrected chi connectivity index (χ1v) is 8.48. The van der Waals surface area contributed by atoms with Crippen molar-refractivity contribution < 1.29 is 9.18 Å². The van der Waals surface area contributed by atoms with E-state index in [1.54, 1.807) is 24.4 Å². The van der Waals surface area contributed by atoms with Crippen LogP contribution in [0, 0.1) is 12.7 Å². The summed E-state index contributed by atoms with van der Waals surface area (Å²) in [6.07, 6.45) is 2.66. The summed E-state index contributed by atoms with van der Waals surface area (Å²) >= 11 is 0. The Morgan fingerprint density at radius 1 is 1.14 bits per heavy atom. The van der Waals surface area contributed by atoms with Crippen LogP contribution in [0.2, 0.25) is 0 Å². The Morgan fingerprint density at radius 2 is 2.00 bits per heavy atom. The molecule has 0 aromatic carbocycles. The lowest BCUT2D eigenvalue weighted by atomic mass is 10.2. The van der Waals surface area contributed by atoms with Gasteiger partial charge in [-0.15, -0.1) is 0 Å². The van der Waals surface area contributed by atoms with Crippen LogP contribution in [0.25, 0.3) is 17.0 Å². The number of carbonyl (C=O) groups excluding carboxylic acids is 1. The van der Waals surface area contributed by atoms with Crippen LogP contribution in [0.15, 0.2) is 48.8 Å². The minimum absolute atomic E-state index is 0.0828. The first-order valence-electron chi connectivity index (χ1n) is 8.48. The number of carbonyl (C=O) groups is 1. The lowest BCUT2D eigenvalue weighted by molar-refractivity contribution is -0.114. The fourth-order valence-electron chi connectivity index (χ4n) is 2.75. The molecule has 9 heteroatoms. The molecule has 0 aliphatic heterocycles. The summed E-state index contributed by atoms with van der Waals surface area (Å²) < 4.78 is 15.6. The van der Waals surface area contributed by atoms with Crippen LogP contribution in [0.5, 0.6) is 0 Å². The molecule has 0 atom stereocenters. The van der Waals surface area contributed by atoms with Crippen molar-refractivity contribution >= 4 is 28.9 Å². The second-order valence-corrected chi connectivity index (χ2v) is 6.15. The van der Waals surface area contributed by atoms with Crippen molar-refractivity contribution in [3.05, 3.63) is 60.3 Å². The third-order valence-electron chi connectivity index (χ3n) is 3.92. The predicted molar refractivity (Wildman–Crippen MR) is 103 cm³/mol. The van der Waals surface area contributed by atoms with E-state index in [1.807, 2.05) is 25.1 Å². The van der Waals surface area contributed by atoms with Crippen LogP contribution in [0.1, 0.15) is 12.6 Å². The molecule has 0 saturated heterocycles. The van der Waals surface area contributed by atoms with E-state index in [1.165, 1.54) is 11.4 Å². The molecule has 0 aliphatic rings. The zero-order valence-electron chi connectivity index (χ0n) is 15.1. The molecular weight excluding hydrogens is 361 g/mol. The lowest BCUT2D eigenvalue weighted by Crippen LogP contribution is -2.08. The van der Waals surface area contributed by atoms with Gasteiger partial charge in [0.25, 0.3) is 0 Å². The minimum Gasteiger partial charge on any atom is -0.340 e. The standard InChI is InChI=1S/C19H16FN7O/c1-11-4-3-5-15(23-11)16-9-18(27-19(26-16)14(20)10-22-27)25-13-6-7-21-17(8-13)24-12(2)28/h3-10H,1-2H3,(H2,21,24,25,28). The molecule has 28 heavy (non-hydrogen) atoms. The molecule has 4 rings (SSSR count). The monoisotopic (exact) mass is 377 g/mol. The average molecular weight is 377 g/mol. The van der Waals surface area contributed by atoms with Crippen molar-refractivity contribution in [1.82, 2.24) is 24.6 Å². The van der Waals surface area contributed by atoms with Crippen LogP contribution in [-0.4, -0.2) is 30.5 Å². The van der Waals surface area contributed by atoms with E-state index in [0.717, 1.165) is 11.9 Å². The van der Waals surface area contributed by atoms with Crippen molar-refractivity contribution in [2.75, 3.05) is 10.6 Å². The van der Waals surface area contributed by atoms with Gasteiger partial charge in [-0.05, 0) is 25.1 Å². The van der Waals surface area contributed by atoms with E-state index in [-0.39, 0.29) is 11.6 Å². The van der Waals surface area contributed by atoms with E-state index >= 15 is 0 Å². The number of amides is 1. The number of anilines is 3. The van der Waals surface area contributed by atoms with Crippen LogP contribution in [0.3, 0.4) is 0 Å². The summed E-state index contributed by atoms with van der Waals surface area (Å²) in [5.41, 5.74) is 2.69. The van der Waals surface area contributed by atoms with Gasteiger partial charge in [-0.2, -0.15) is 9.61 Å². The molecule has 4 heterocycles. The largest absolute Gasteiger partial charge is 0.340 e. The third kappa shape index (κ3) is 3.50. The Morgan fingerprint density at radius 3 is 2.79 bits per heavy atom. The highest BCUT2D eigenvalue weighted by atomic mass is 19.1. The smallest absolute Gasteiger partial charge is 0.222 e. The molecule has 0 saturated carbocycles. The van der Waals surface area contributed by atoms with Crippen molar-refractivity contribution in [3.63, 3.8) is 0 Å². The molecule has 4 aromatic heterocycles. The molecule has 4 aromatic rings. The number of aryl methyl sites for hydroxylation is 1. The first kappa shape index (κ1) is 17.5. The highest BCUT2D eigenvalue weighted by Gasteiger charge is 2.14. The summed E-state index contributed by atoms with van der Waals surface area (Å²) in [4.78, 5) is 24.2. The molecule has 0 unspecified atom stereocenters. The number of halogens is 1. The van der Waals surface area contributed by atoms with Gasteiger partial charge in [-0.1, -0.05) is 6.07 Å². The molecule has 0 radical (unpaired) electrons. The third-order valence-corrected chi connectivity index (χ3v) is 3.92. The maximum atomic E-state index is 14.2. The number of hydrogen-bond acceptors (Lipinski definition) is 6. The topological polar surface area (TPSA) is 97.1 Å². The Bertz CT molecular complexity index is 1190. The minimum atomic E-state index is -0.536. The molecule has 2 N–H and O–H groups in total. The summed E-state index contributed by atoms with van der Waals surface area (Å²) in [6, 6.07) is 10.7. The van der Waals surface area contributed by atoms with E-state index in [4.69, 9.17) is 0 Å². The molecule has 0 aliphatic carbocycles. The molecule has 1 amide bonds. The molecular formula is C19H16FN7O. The van der Waals surface area contributed by atoms with E-state index in [2.05, 4.69) is 30.7 Å². The van der Waals surface area contributed by atoms with Gasteiger partial charge in [0, 0.05) is 36.6 Å². The normalized spacial score (nSPS) is 10.8. The SMILES string of the molecule is CC(=O)Nc1cc(Nc2cc(-c3cccc(C)n3)nc3c(F)cnn23)ccn1. The Balaban J connectivity index is 1.79. The number of aromatic nitrogens is 5. The summed E-state index contributed by atoms with van der Waals surface area (Å²) in [7, 11) is 0. The van der Waals surface area contributed by atoms with Crippen molar-refractivity contribution in [1.29, 1.82) is 0 Å². The highest BCUT2D eigenvalue weighted by molar-refractivity contribution is 5.88. The van der Waals surface area contributed by atoms with Gasteiger partial charge in [0.05, 0.1) is 17.6 Å². The Hall–Kier alpha value is -3.88. The molecule has 0 fully saturated rings. The highest BCUT2D eigenvalue weighted by Crippen LogP contribution is 2.25. The van der Waals surface area contributed by atoms with Crippen LogP contribution < -0.4 is 10.6 Å². The van der Waals surface area contributed by atoms with Gasteiger partial charge < -0.3 is 10.6 Å². The quantitative estimate of drug-likeness (QED) is 0.566. The summed E-state index contributed by atoms with van der Waals surface area (Å²) in [5.74, 6) is 0.131. The molecule has 8 nitrogen and oxygen atoms in total. The number of fused-ring (bicyclic) bond motifs is 1. The number of hydrogen-bond donors (Lipinski definition) is 2. The number of pyridine rings is 2. The molecule has 0 spiro atoms. The van der Waals surface area contributed by atoms with Gasteiger partial charge in [-0.3, -0.25) is 9.78 Å². The fourth-order valence-corrected chi connectivity index (χ4v) is 2.75. The van der Waals surface area contributed by atoms with Gasteiger partial charge in [-0.25, -0.2) is 14.4 Å². The Labute approximate surface area is 159 Å². The van der Waals surface area contributed by atoms with Crippen LogP contribution >= 0.6 is 0 Å². The van der Waals surface area contributed by atoms with Gasteiger partial charge in [0.2, 0.25) is 5.91 Å². The average Bonchev–Trinajstić information content (AvgIpc) is 3.03. The lowest BCUT2D eigenvalue weighted by Gasteiger charge is -2.11. The zero-order valence-corrected chi connectivity index (χ0v) is 15.1. The van der Waals surface area contributed by atoms with Gasteiger partial charge >= 0.3 is 0 Å². The number of nitrogens with one attached hydrogen (secondary N) is 2. The van der Waals surface area contributed by atoms with Crippen LogP contribution in [0.4, 0.5) is 21.7 Å². The van der Waals surface area contributed by atoms with E-state index in [9.17, 15) is 9.18 Å². The second-order valence-electron chi connectivity index (χ2n) is 6.15. The fraction of sp³-hybridized carbons (Fsp3) is 0.105. The van der Waals surface area contributed by atoms with E-state index < -0.39 is 5.82 Å². The maximum absolute atomic E-state index is 14.2. The van der Waals surface area contributed by atoms with Gasteiger partial charge in [0.15, 0.2) is 11.5 Å². The number of nitrogens with zero attached hydrogens (tertiary/aromatic N) is 5. The van der Waals surface area contributed by atoms with Gasteiger partial charge in [0.1, 0.15) is 11.6 Å². The molecule has 0 bridgehead atoms. The van der Waals surface area contributed by atoms with Crippen molar-refractivity contribution in [2.24, 2.45) is 0 Å². The predicted octanol–water partition coefficient (Wildman–Crippen LogP) is 3.34. The van der Waals surface area contributed by atoms with E-state index in [0.29, 0.717) is 28.7 Å². The van der Waals surface area contributed by atoms with Crippen molar-refractivity contribution in [3.8, 4) is 11.4 Å². The zero-order chi connectivity index (χ0) is 19.7. The maximum Gasteiger partial charge on any atom is 0.222 e.